The Kier molecular flexibility index (Phi) is 38.4. The Labute approximate surface area is 326 Å². The monoisotopic (exact) mass is 773 g/mol. The van der Waals surface area contributed by atoms with E-state index in [1.807, 2.05) is 0 Å². The molecule has 0 heterocycles. The summed E-state index contributed by atoms with van der Waals surface area (Å²) in [6, 6.07) is -0.899. The summed E-state index contributed by atoms with van der Waals surface area (Å²) >= 11 is 0. The van der Waals surface area contributed by atoms with Gasteiger partial charge in [-0.2, -0.15) is 0 Å². The minimum Gasteiger partial charge on any atom is -0.393 e. The van der Waals surface area contributed by atoms with E-state index in [2.05, 4.69) is 43.5 Å². The average Bonchev–Trinajstić information content (AvgIpc) is 3.13. The molecule has 0 aliphatic carbocycles. The van der Waals surface area contributed by atoms with Gasteiger partial charge in [-0.15, -0.1) is 0 Å². The molecule has 0 radical (unpaired) electrons. The number of hydrogen-bond donors (Lipinski definition) is 5. The van der Waals surface area contributed by atoms with Crippen LogP contribution in [-0.4, -0.2) is 59.0 Å². The fraction of sp³-hybridized carbons (Fsp3) is 0.884. The fourth-order valence-electron chi connectivity index (χ4n) is 6.50. The molecule has 4 unspecified atom stereocenters. The van der Waals surface area contributed by atoms with E-state index in [4.69, 9.17) is 14.8 Å². The van der Waals surface area contributed by atoms with Crippen LogP contribution in [0.2, 0.25) is 0 Å². The molecule has 4 atom stereocenters. The van der Waals surface area contributed by atoms with Crippen LogP contribution in [-0.2, 0) is 18.4 Å². The number of carbonyl (C=O) groups is 1. The summed E-state index contributed by atoms with van der Waals surface area (Å²) in [5, 5.41) is 24.2. The van der Waals surface area contributed by atoms with E-state index in [9.17, 15) is 24.5 Å². The van der Waals surface area contributed by atoms with Crippen molar-refractivity contribution in [3.8, 4) is 0 Å². The number of unbranched alkanes of at least 4 members (excludes halogenated alkanes) is 23. The Morgan fingerprint density at radius 2 is 1.08 bits per heavy atom. The molecule has 0 fully saturated rings. The van der Waals surface area contributed by atoms with Crippen LogP contribution >= 0.6 is 7.82 Å². The minimum absolute atomic E-state index is 0.0581. The standard InChI is InChI=1S/C43H85N2O7P/c1-3-5-7-9-11-13-15-17-19-21-23-25-27-29-31-33-35-42(47)41(39-52-53(49,50)51-37-36-44)45-43(48)38-40(46)34-32-30-28-26-24-22-20-18-16-14-12-10-8-6-4-2/h12,14,18,20,40-42,46-47H,3-11,13,15-17,19,21-39,44H2,1-2H3,(H,45,48)(H,49,50)/b14-12-,20-18-. The molecule has 53 heavy (non-hydrogen) atoms. The van der Waals surface area contributed by atoms with Gasteiger partial charge in [-0.1, -0.05) is 179 Å². The zero-order valence-electron chi connectivity index (χ0n) is 34.4. The van der Waals surface area contributed by atoms with Gasteiger partial charge >= 0.3 is 7.82 Å². The Morgan fingerprint density at radius 1 is 0.642 bits per heavy atom. The summed E-state index contributed by atoms with van der Waals surface area (Å²) in [6.45, 7) is 4.02. The second kappa shape index (κ2) is 39.2. The molecule has 9 nitrogen and oxygen atoms in total. The van der Waals surface area contributed by atoms with Crippen molar-refractivity contribution in [1.29, 1.82) is 0 Å². The van der Waals surface area contributed by atoms with Gasteiger partial charge in [-0.3, -0.25) is 13.8 Å². The maximum atomic E-state index is 12.8. The van der Waals surface area contributed by atoms with E-state index in [1.165, 1.54) is 109 Å². The highest BCUT2D eigenvalue weighted by atomic mass is 31.2. The average molecular weight is 773 g/mol. The highest BCUT2D eigenvalue weighted by Crippen LogP contribution is 2.43. The molecule has 314 valence electrons. The van der Waals surface area contributed by atoms with Gasteiger partial charge in [0.05, 0.1) is 37.9 Å². The van der Waals surface area contributed by atoms with Crippen molar-refractivity contribution in [2.75, 3.05) is 19.8 Å². The van der Waals surface area contributed by atoms with Crippen LogP contribution in [0.25, 0.3) is 0 Å². The van der Waals surface area contributed by atoms with Crippen LogP contribution in [0.3, 0.4) is 0 Å². The van der Waals surface area contributed by atoms with Crippen molar-refractivity contribution < 1.29 is 33.5 Å². The maximum absolute atomic E-state index is 12.8. The number of amides is 1. The number of nitrogens with one attached hydrogen (secondary N) is 1. The summed E-state index contributed by atoms with van der Waals surface area (Å²) in [5.74, 6) is -0.421. The first-order valence-electron chi connectivity index (χ1n) is 22.0. The Bertz CT molecular complexity index is 904. The summed E-state index contributed by atoms with van der Waals surface area (Å²) < 4.78 is 22.1. The molecule has 1 amide bonds. The van der Waals surface area contributed by atoms with Gasteiger partial charge in [-0.25, -0.2) is 4.57 Å². The third-order valence-electron chi connectivity index (χ3n) is 9.86. The quantitative estimate of drug-likeness (QED) is 0.0234. The van der Waals surface area contributed by atoms with Gasteiger partial charge in [0.1, 0.15) is 0 Å². The van der Waals surface area contributed by atoms with E-state index in [0.717, 1.165) is 64.2 Å². The largest absolute Gasteiger partial charge is 0.472 e. The first-order valence-corrected chi connectivity index (χ1v) is 23.5. The van der Waals surface area contributed by atoms with Crippen molar-refractivity contribution in [2.45, 2.75) is 225 Å². The fourth-order valence-corrected chi connectivity index (χ4v) is 7.26. The Balaban J connectivity index is 4.29. The predicted molar refractivity (Wildman–Crippen MR) is 223 cm³/mol. The summed E-state index contributed by atoms with van der Waals surface area (Å²) in [5.41, 5.74) is 5.37. The second-order valence-corrected chi connectivity index (χ2v) is 16.6. The van der Waals surface area contributed by atoms with Crippen molar-refractivity contribution in [2.24, 2.45) is 5.73 Å². The summed E-state index contributed by atoms with van der Waals surface area (Å²) in [4.78, 5) is 22.8. The van der Waals surface area contributed by atoms with Crippen LogP contribution in [0.1, 0.15) is 206 Å². The first kappa shape index (κ1) is 51.9. The SMILES string of the molecule is CCCCC/C=C\C/C=C\CCCCCCCC(O)CC(=O)NC(COP(=O)(O)OCCN)C(O)CCCCCCCCCCCCCCCCCC. The summed E-state index contributed by atoms with van der Waals surface area (Å²) in [6.07, 6.45) is 40.7. The van der Waals surface area contributed by atoms with E-state index < -0.39 is 32.0 Å². The van der Waals surface area contributed by atoms with Gasteiger partial charge in [-0.05, 0) is 44.9 Å². The lowest BCUT2D eigenvalue weighted by Crippen LogP contribution is -2.47. The molecule has 6 N–H and O–H groups in total. The zero-order chi connectivity index (χ0) is 39.1. The molecule has 0 spiro atoms. The third kappa shape index (κ3) is 37.6. The lowest BCUT2D eigenvalue weighted by atomic mass is 10.0. The first-order chi connectivity index (χ1) is 25.8. The van der Waals surface area contributed by atoms with Crippen LogP contribution in [0.4, 0.5) is 0 Å². The van der Waals surface area contributed by atoms with Gasteiger partial charge in [0.25, 0.3) is 0 Å². The van der Waals surface area contributed by atoms with Crippen LogP contribution in [0.5, 0.6) is 0 Å². The molecular formula is C43H85N2O7P. The maximum Gasteiger partial charge on any atom is 0.472 e. The normalized spacial score (nSPS) is 14.9. The number of aliphatic hydroxyl groups excluding tert-OH is 2. The topological polar surface area (TPSA) is 151 Å². The van der Waals surface area contributed by atoms with Crippen molar-refractivity contribution in [1.82, 2.24) is 5.32 Å². The molecule has 0 aliphatic rings. The van der Waals surface area contributed by atoms with E-state index in [0.29, 0.717) is 12.8 Å². The smallest absolute Gasteiger partial charge is 0.393 e. The molecule has 0 aliphatic heterocycles. The Hall–Kier alpha value is -1.06. The van der Waals surface area contributed by atoms with E-state index in [1.54, 1.807) is 0 Å². The number of allylic oxidation sites excluding steroid dienone is 4. The number of hydrogen-bond acceptors (Lipinski definition) is 7. The number of carbonyl (C=O) groups excluding carboxylic acids is 1. The number of rotatable bonds is 41. The second-order valence-electron chi connectivity index (χ2n) is 15.1. The minimum atomic E-state index is -4.38. The lowest BCUT2D eigenvalue weighted by molar-refractivity contribution is -0.125. The third-order valence-corrected chi connectivity index (χ3v) is 10.8. The van der Waals surface area contributed by atoms with Gasteiger partial charge < -0.3 is 26.2 Å². The van der Waals surface area contributed by atoms with E-state index >= 15 is 0 Å². The summed E-state index contributed by atoms with van der Waals surface area (Å²) in [7, 11) is -4.38. The molecular weight excluding hydrogens is 687 g/mol. The number of nitrogens with two attached hydrogens (primary N) is 1. The zero-order valence-corrected chi connectivity index (χ0v) is 35.3. The molecule has 0 saturated carbocycles. The highest BCUT2D eigenvalue weighted by Gasteiger charge is 2.28. The van der Waals surface area contributed by atoms with Crippen molar-refractivity contribution in [3.63, 3.8) is 0 Å². The molecule has 0 aromatic heterocycles. The van der Waals surface area contributed by atoms with Crippen LogP contribution < -0.4 is 11.1 Å². The molecule has 0 rings (SSSR count). The molecule has 0 aromatic rings. The molecule has 0 aromatic carbocycles. The lowest BCUT2D eigenvalue weighted by Gasteiger charge is -2.25. The van der Waals surface area contributed by atoms with Crippen molar-refractivity contribution >= 4 is 13.7 Å². The van der Waals surface area contributed by atoms with Gasteiger partial charge in [0, 0.05) is 6.54 Å². The molecule has 10 heteroatoms. The van der Waals surface area contributed by atoms with Crippen molar-refractivity contribution in [3.05, 3.63) is 24.3 Å². The number of aliphatic hydroxyl groups is 2. The van der Waals surface area contributed by atoms with E-state index in [-0.39, 0.29) is 26.2 Å². The molecule has 0 bridgehead atoms. The van der Waals surface area contributed by atoms with Crippen LogP contribution in [0, 0.1) is 0 Å². The van der Waals surface area contributed by atoms with Gasteiger partial charge in [0.15, 0.2) is 0 Å². The van der Waals surface area contributed by atoms with Gasteiger partial charge in [0.2, 0.25) is 5.91 Å². The Morgan fingerprint density at radius 3 is 1.58 bits per heavy atom. The number of phosphoric ester groups is 1. The highest BCUT2D eigenvalue weighted by molar-refractivity contribution is 7.47. The van der Waals surface area contributed by atoms with Crippen LogP contribution in [0.15, 0.2) is 24.3 Å². The molecule has 0 saturated heterocycles. The predicted octanol–water partition coefficient (Wildman–Crippen LogP) is 11.1. The number of phosphoric acid groups is 1.